The van der Waals surface area contributed by atoms with Crippen molar-refractivity contribution in [1.29, 1.82) is 0 Å². The Kier molecular flexibility index (Phi) is 7.96. The lowest BCUT2D eigenvalue weighted by Gasteiger charge is -2.27. The zero-order valence-corrected chi connectivity index (χ0v) is 17.5. The first kappa shape index (κ1) is 21.1. The van der Waals surface area contributed by atoms with Crippen molar-refractivity contribution in [3.05, 3.63) is 53.8 Å². The molecule has 0 spiro atoms. The third kappa shape index (κ3) is 5.62. The summed E-state index contributed by atoms with van der Waals surface area (Å²) in [6.07, 6.45) is -0.123. The maximum atomic E-state index is 13.7. The molecule has 146 valence electrons. The fourth-order valence-corrected chi connectivity index (χ4v) is 2.60. The van der Waals surface area contributed by atoms with Gasteiger partial charge < -0.3 is 24.8 Å². The Balaban J connectivity index is 0.00000261. The number of methoxy groups -OCH3 is 1. The molecular weight excluding hydrogens is 464 g/mol. The molecule has 0 saturated heterocycles. The predicted molar refractivity (Wildman–Crippen MR) is 113 cm³/mol. The quantitative estimate of drug-likeness (QED) is 0.386. The van der Waals surface area contributed by atoms with E-state index in [0.717, 1.165) is 17.1 Å². The molecule has 8 heteroatoms. The molecule has 1 atom stereocenters. The standard InChI is InChI=1S/C19H22FN3O3.HI/c1-21-19(22-10-13-7-8-16(24-2)15(20)9-13)23-11-14-12-25-17-5-3-4-6-18(17)26-14;/h3-9,14H,10-12H2,1-2H3,(H2,21,22,23);1H. The van der Waals surface area contributed by atoms with E-state index < -0.39 is 0 Å². The average Bonchev–Trinajstić information content (AvgIpc) is 2.68. The van der Waals surface area contributed by atoms with Crippen LogP contribution < -0.4 is 24.8 Å². The zero-order valence-electron chi connectivity index (χ0n) is 15.2. The van der Waals surface area contributed by atoms with Gasteiger partial charge >= 0.3 is 0 Å². The Bertz CT molecular complexity index is 789. The number of nitrogens with one attached hydrogen (secondary N) is 2. The van der Waals surface area contributed by atoms with Crippen LogP contribution in [0.3, 0.4) is 0 Å². The highest BCUT2D eigenvalue weighted by Crippen LogP contribution is 2.30. The Labute approximate surface area is 175 Å². The molecule has 2 N–H and O–H groups in total. The van der Waals surface area contributed by atoms with Gasteiger partial charge in [-0.2, -0.15) is 0 Å². The normalized spacial score (nSPS) is 15.5. The van der Waals surface area contributed by atoms with Crippen molar-refractivity contribution in [2.75, 3.05) is 27.3 Å². The van der Waals surface area contributed by atoms with Crippen molar-refractivity contribution in [2.45, 2.75) is 12.6 Å². The lowest BCUT2D eigenvalue weighted by atomic mass is 10.2. The van der Waals surface area contributed by atoms with Crippen molar-refractivity contribution in [1.82, 2.24) is 10.6 Å². The molecule has 0 bridgehead atoms. The molecular formula is C19H23FIN3O3. The number of nitrogens with zero attached hydrogens (tertiary/aromatic N) is 1. The molecule has 0 fully saturated rings. The van der Waals surface area contributed by atoms with Gasteiger partial charge in [-0.25, -0.2) is 4.39 Å². The first-order chi connectivity index (χ1) is 12.7. The van der Waals surface area contributed by atoms with Crippen LogP contribution in [0.25, 0.3) is 0 Å². The van der Waals surface area contributed by atoms with Crippen LogP contribution in [-0.4, -0.2) is 39.4 Å². The molecule has 1 heterocycles. The highest BCUT2D eigenvalue weighted by Gasteiger charge is 2.20. The summed E-state index contributed by atoms with van der Waals surface area (Å²) in [5.74, 6) is 1.94. The molecule has 1 aliphatic heterocycles. The minimum atomic E-state index is -0.388. The van der Waals surface area contributed by atoms with E-state index in [1.165, 1.54) is 13.2 Å². The fourth-order valence-electron chi connectivity index (χ4n) is 2.60. The largest absolute Gasteiger partial charge is 0.494 e. The van der Waals surface area contributed by atoms with E-state index in [9.17, 15) is 4.39 Å². The topological polar surface area (TPSA) is 64.1 Å². The van der Waals surface area contributed by atoms with Crippen molar-refractivity contribution in [2.24, 2.45) is 4.99 Å². The maximum Gasteiger partial charge on any atom is 0.191 e. The number of benzene rings is 2. The summed E-state index contributed by atoms with van der Waals surface area (Å²) < 4.78 is 30.2. The highest BCUT2D eigenvalue weighted by molar-refractivity contribution is 14.0. The SMILES string of the molecule is CN=C(NCc1ccc(OC)c(F)c1)NCC1COc2ccccc2O1.I. The fraction of sp³-hybridized carbons (Fsp3) is 0.316. The molecule has 0 saturated carbocycles. The lowest BCUT2D eigenvalue weighted by molar-refractivity contribution is 0.0936. The highest BCUT2D eigenvalue weighted by atomic mass is 127. The summed E-state index contributed by atoms with van der Waals surface area (Å²) in [4.78, 5) is 4.17. The van der Waals surface area contributed by atoms with Gasteiger partial charge in [-0.1, -0.05) is 18.2 Å². The van der Waals surface area contributed by atoms with Gasteiger partial charge in [-0.3, -0.25) is 4.99 Å². The Morgan fingerprint density at radius 1 is 1.22 bits per heavy atom. The van der Waals surface area contributed by atoms with Gasteiger partial charge in [-0.15, -0.1) is 24.0 Å². The smallest absolute Gasteiger partial charge is 0.191 e. The Morgan fingerprint density at radius 3 is 2.70 bits per heavy atom. The number of halogens is 2. The molecule has 3 rings (SSSR count). The number of hydrogen-bond donors (Lipinski definition) is 2. The van der Waals surface area contributed by atoms with E-state index in [1.54, 1.807) is 19.2 Å². The second-order valence-corrected chi connectivity index (χ2v) is 5.77. The van der Waals surface area contributed by atoms with Crippen molar-refractivity contribution in [3.63, 3.8) is 0 Å². The molecule has 0 radical (unpaired) electrons. The summed E-state index contributed by atoms with van der Waals surface area (Å²) in [6.45, 7) is 1.43. The molecule has 1 unspecified atom stereocenters. The summed E-state index contributed by atoms with van der Waals surface area (Å²) in [5.41, 5.74) is 0.789. The van der Waals surface area contributed by atoms with Gasteiger partial charge in [0, 0.05) is 13.6 Å². The molecule has 1 aliphatic rings. The van der Waals surface area contributed by atoms with Crippen molar-refractivity contribution < 1.29 is 18.6 Å². The molecule has 2 aromatic carbocycles. The van der Waals surface area contributed by atoms with Crippen LogP contribution in [0.15, 0.2) is 47.5 Å². The van der Waals surface area contributed by atoms with Gasteiger partial charge in [0.15, 0.2) is 29.0 Å². The van der Waals surface area contributed by atoms with Crippen LogP contribution in [-0.2, 0) is 6.54 Å². The predicted octanol–water partition coefficient (Wildman–Crippen LogP) is 2.96. The summed E-state index contributed by atoms with van der Waals surface area (Å²) in [7, 11) is 3.12. The molecule has 2 aromatic rings. The van der Waals surface area contributed by atoms with Crippen LogP contribution in [0.5, 0.6) is 17.2 Å². The summed E-state index contributed by atoms with van der Waals surface area (Å²) in [5, 5.41) is 6.34. The Hall–Kier alpha value is -2.23. The Morgan fingerprint density at radius 2 is 2.00 bits per heavy atom. The van der Waals surface area contributed by atoms with Crippen LogP contribution in [0.2, 0.25) is 0 Å². The van der Waals surface area contributed by atoms with E-state index in [4.69, 9.17) is 14.2 Å². The number of rotatable bonds is 5. The van der Waals surface area contributed by atoms with E-state index in [0.29, 0.717) is 25.7 Å². The minimum Gasteiger partial charge on any atom is -0.494 e. The number of para-hydroxylation sites is 2. The van der Waals surface area contributed by atoms with Gasteiger partial charge in [0.05, 0.1) is 13.7 Å². The van der Waals surface area contributed by atoms with Crippen LogP contribution in [0.1, 0.15) is 5.56 Å². The molecule has 27 heavy (non-hydrogen) atoms. The third-order valence-electron chi connectivity index (χ3n) is 3.96. The minimum absolute atomic E-state index is 0. The molecule has 0 aliphatic carbocycles. The van der Waals surface area contributed by atoms with E-state index in [1.807, 2.05) is 24.3 Å². The first-order valence-electron chi connectivity index (χ1n) is 8.35. The third-order valence-corrected chi connectivity index (χ3v) is 3.96. The number of guanidine groups is 1. The van der Waals surface area contributed by atoms with Gasteiger partial charge in [-0.05, 0) is 29.8 Å². The number of ether oxygens (including phenoxy) is 3. The van der Waals surface area contributed by atoms with Crippen LogP contribution in [0, 0.1) is 5.82 Å². The number of hydrogen-bond acceptors (Lipinski definition) is 4. The van der Waals surface area contributed by atoms with Crippen LogP contribution in [0.4, 0.5) is 4.39 Å². The zero-order chi connectivity index (χ0) is 18.4. The molecule has 6 nitrogen and oxygen atoms in total. The first-order valence-corrected chi connectivity index (χ1v) is 8.35. The van der Waals surface area contributed by atoms with Gasteiger partial charge in [0.1, 0.15) is 12.7 Å². The van der Waals surface area contributed by atoms with Gasteiger partial charge in [0.25, 0.3) is 0 Å². The van der Waals surface area contributed by atoms with Crippen molar-refractivity contribution >= 4 is 29.9 Å². The van der Waals surface area contributed by atoms with Gasteiger partial charge in [0.2, 0.25) is 0 Å². The van der Waals surface area contributed by atoms with Crippen molar-refractivity contribution in [3.8, 4) is 17.2 Å². The number of aliphatic imine (C=N–C) groups is 1. The van der Waals surface area contributed by atoms with E-state index in [2.05, 4.69) is 15.6 Å². The van der Waals surface area contributed by atoms with E-state index >= 15 is 0 Å². The number of fused-ring (bicyclic) bond motifs is 1. The lowest BCUT2D eigenvalue weighted by Crippen LogP contribution is -2.45. The molecule has 0 aromatic heterocycles. The average molecular weight is 487 g/mol. The summed E-state index contributed by atoms with van der Waals surface area (Å²) >= 11 is 0. The maximum absolute atomic E-state index is 13.7. The summed E-state index contributed by atoms with van der Waals surface area (Å²) in [6, 6.07) is 12.4. The second kappa shape index (κ2) is 10.2. The van der Waals surface area contributed by atoms with Crippen LogP contribution >= 0.6 is 24.0 Å². The second-order valence-electron chi connectivity index (χ2n) is 5.77. The van der Waals surface area contributed by atoms with E-state index in [-0.39, 0.29) is 41.6 Å². The monoisotopic (exact) mass is 487 g/mol. The molecule has 0 amide bonds.